The number of furan rings is 1. The van der Waals surface area contributed by atoms with Crippen molar-refractivity contribution in [3.8, 4) is 5.69 Å². The number of rotatable bonds is 5. The average Bonchev–Trinajstić information content (AvgIpc) is 3.54. The quantitative estimate of drug-likeness (QED) is 0.408. The third kappa shape index (κ3) is 3.71. The largest absolute Gasteiger partial charge is 0.459 e. The Hall–Kier alpha value is -4.06. The van der Waals surface area contributed by atoms with E-state index >= 15 is 0 Å². The predicted octanol–water partition coefficient (Wildman–Crippen LogP) is 5.37. The molecule has 2 amide bonds. The molecule has 0 saturated carbocycles. The van der Waals surface area contributed by atoms with E-state index < -0.39 is 0 Å². The van der Waals surface area contributed by atoms with E-state index in [1.54, 1.807) is 17.0 Å². The Bertz CT molecular complexity index is 1320. The van der Waals surface area contributed by atoms with Crippen LogP contribution in [0.25, 0.3) is 5.69 Å². The molecule has 4 aromatic rings. The Morgan fingerprint density at radius 2 is 1.68 bits per heavy atom. The first-order valence-electron chi connectivity index (χ1n) is 11.5. The van der Waals surface area contributed by atoms with Crippen molar-refractivity contribution in [2.75, 3.05) is 11.4 Å². The van der Waals surface area contributed by atoms with Gasteiger partial charge in [0.15, 0.2) is 5.76 Å². The lowest BCUT2D eigenvalue weighted by atomic mass is 9.97. The van der Waals surface area contributed by atoms with Crippen LogP contribution < -0.4 is 4.90 Å². The number of hydrogen-bond acceptors (Lipinski definition) is 3. The van der Waals surface area contributed by atoms with Crippen molar-refractivity contribution < 1.29 is 14.0 Å². The first-order chi connectivity index (χ1) is 16.5. The highest BCUT2D eigenvalue weighted by molar-refractivity contribution is 6.02. The second-order valence-electron chi connectivity index (χ2n) is 8.87. The zero-order chi connectivity index (χ0) is 23.8. The van der Waals surface area contributed by atoms with Gasteiger partial charge in [-0.05, 0) is 62.7 Å². The van der Waals surface area contributed by atoms with Crippen LogP contribution in [0.2, 0.25) is 0 Å². The number of hydrogen-bond donors (Lipinski definition) is 0. The Labute approximate surface area is 199 Å². The third-order valence-electron chi connectivity index (χ3n) is 6.30. The topological polar surface area (TPSA) is 58.7 Å². The molecule has 6 nitrogen and oxygen atoms in total. The average molecular weight is 454 g/mol. The first-order valence-corrected chi connectivity index (χ1v) is 11.5. The Morgan fingerprint density at radius 1 is 0.941 bits per heavy atom. The van der Waals surface area contributed by atoms with E-state index in [1.807, 2.05) is 62.2 Å². The van der Waals surface area contributed by atoms with E-state index in [4.69, 9.17) is 4.42 Å². The Morgan fingerprint density at radius 3 is 2.35 bits per heavy atom. The van der Waals surface area contributed by atoms with Crippen molar-refractivity contribution in [2.24, 2.45) is 0 Å². The number of fused-ring (bicyclic) bond motifs is 3. The van der Waals surface area contributed by atoms with Gasteiger partial charge < -0.3 is 13.9 Å². The molecule has 6 heteroatoms. The number of amides is 2. The van der Waals surface area contributed by atoms with Crippen LogP contribution in [-0.2, 0) is 4.79 Å². The minimum Gasteiger partial charge on any atom is -0.459 e. The maximum atomic E-state index is 14.0. The van der Waals surface area contributed by atoms with E-state index in [0.29, 0.717) is 0 Å². The van der Waals surface area contributed by atoms with Gasteiger partial charge in [0, 0.05) is 12.2 Å². The van der Waals surface area contributed by atoms with Crippen molar-refractivity contribution in [1.29, 1.82) is 0 Å². The van der Waals surface area contributed by atoms with E-state index in [9.17, 15) is 9.59 Å². The summed E-state index contributed by atoms with van der Waals surface area (Å²) in [4.78, 5) is 30.5. The molecule has 0 bridgehead atoms. The number of aromatic nitrogens is 1. The summed E-state index contributed by atoms with van der Waals surface area (Å²) in [5.74, 6) is -0.225. The predicted molar refractivity (Wildman–Crippen MR) is 131 cm³/mol. The minimum absolute atomic E-state index is 0.0609. The molecule has 0 spiro atoms. The zero-order valence-corrected chi connectivity index (χ0v) is 19.5. The molecular formula is C28H27N3O3. The van der Waals surface area contributed by atoms with Gasteiger partial charge in [0.05, 0.1) is 23.3 Å². The number of para-hydroxylation sites is 2. The summed E-state index contributed by atoms with van der Waals surface area (Å²) >= 11 is 0. The summed E-state index contributed by atoms with van der Waals surface area (Å²) in [5.41, 5.74) is 4.93. The van der Waals surface area contributed by atoms with Crippen LogP contribution >= 0.6 is 0 Å². The van der Waals surface area contributed by atoms with Crippen molar-refractivity contribution in [2.45, 2.75) is 32.9 Å². The van der Waals surface area contributed by atoms with Gasteiger partial charge in [0.1, 0.15) is 12.6 Å². The van der Waals surface area contributed by atoms with Crippen molar-refractivity contribution in [1.82, 2.24) is 9.47 Å². The molecular weight excluding hydrogens is 426 g/mol. The second kappa shape index (κ2) is 8.71. The maximum absolute atomic E-state index is 14.0. The molecule has 2 aromatic carbocycles. The highest BCUT2D eigenvalue weighted by Gasteiger charge is 2.37. The molecule has 1 aliphatic heterocycles. The fraction of sp³-hybridized carbons (Fsp3) is 0.214. The fourth-order valence-corrected chi connectivity index (χ4v) is 4.58. The lowest BCUT2D eigenvalue weighted by Gasteiger charge is -2.40. The van der Waals surface area contributed by atoms with Crippen LogP contribution in [0.3, 0.4) is 0 Å². The molecule has 1 unspecified atom stereocenters. The molecule has 0 N–H and O–H groups in total. The molecule has 1 atom stereocenters. The number of aryl methyl sites for hydroxylation is 1. The van der Waals surface area contributed by atoms with Crippen LogP contribution in [-0.4, -0.2) is 33.9 Å². The smallest absolute Gasteiger partial charge is 0.290 e. The summed E-state index contributed by atoms with van der Waals surface area (Å²) < 4.78 is 7.46. The zero-order valence-electron chi connectivity index (χ0n) is 19.5. The van der Waals surface area contributed by atoms with Gasteiger partial charge in [-0.15, -0.1) is 0 Å². The van der Waals surface area contributed by atoms with Crippen molar-refractivity contribution in [3.05, 3.63) is 108 Å². The van der Waals surface area contributed by atoms with Crippen molar-refractivity contribution in [3.63, 3.8) is 0 Å². The number of carbonyl (C=O) groups excluding carboxylic acids is 2. The highest BCUT2D eigenvalue weighted by atomic mass is 16.3. The van der Waals surface area contributed by atoms with Crippen molar-refractivity contribution >= 4 is 17.5 Å². The molecule has 0 saturated heterocycles. The summed E-state index contributed by atoms with van der Waals surface area (Å²) in [6.45, 7) is 5.79. The van der Waals surface area contributed by atoms with Gasteiger partial charge in [-0.3, -0.25) is 14.5 Å². The molecule has 0 radical (unpaired) electrons. The third-order valence-corrected chi connectivity index (χ3v) is 6.30. The molecule has 172 valence electrons. The maximum Gasteiger partial charge on any atom is 0.290 e. The van der Waals surface area contributed by atoms with Crippen LogP contribution in [0.5, 0.6) is 0 Å². The lowest BCUT2D eigenvalue weighted by Crippen LogP contribution is -2.48. The van der Waals surface area contributed by atoms with E-state index in [-0.39, 0.29) is 36.2 Å². The van der Waals surface area contributed by atoms with E-state index in [1.165, 1.54) is 6.26 Å². The van der Waals surface area contributed by atoms with Gasteiger partial charge in [0.2, 0.25) is 5.91 Å². The highest BCUT2D eigenvalue weighted by Crippen LogP contribution is 2.42. The molecule has 0 aliphatic carbocycles. The number of anilines is 1. The molecule has 5 rings (SSSR count). The molecule has 2 aromatic heterocycles. The number of nitrogens with zero attached hydrogens (tertiary/aromatic N) is 3. The second-order valence-corrected chi connectivity index (χ2v) is 8.87. The van der Waals surface area contributed by atoms with Gasteiger partial charge in [-0.25, -0.2) is 0 Å². The molecule has 3 heterocycles. The number of benzene rings is 2. The number of carbonyl (C=O) groups is 2. The SMILES string of the molecule is Cc1ccc(C2c3cccn3-c3ccccc3N2C(=O)CN(C(=O)c2ccco2)C(C)C)cc1. The van der Waals surface area contributed by atoms with Gasteiger partial charge in [-0.2, -0.15) is 0 Å². The lowest BCUT2D eigenvalue weighted by molar-refractivity contribution is -0.120. The van der Waals surface area contributed by atoms with Gasteiger partial charge in [-0.1, -0.05) is 42.0 Å². The van der Waals surface area contributed by atoms with E-state index in [2.05, 4.69) is 34.9 Å². The van der Waals surface area contributed by atoms with Gasteiger partial charge >= 0.3 is 0 Å². The normalized spacial score (nSPS) is 14.6. The van der Waals surface area contributed by atoms with Gasteiger partial charge in [0.25, 0.3) is 5.91 Å². The monoisotopic (exact) mass is 453 g/mol. The van der Waals surface area contributed by atoms with Crippen LogP contribution in [0, 0.1) is 6.92 Å². The van der Waals surface area contributed by atoms with Crippen LogP contribution in [0.15, 0.2) is 89.7 Å². The van der Waals surface area contributed by atoms with E-state index in [0.717, 1.165) is 28.2 Å². The van der Waals surface area contributed by atoms with Crippen LogP contribution in [0.1, 0.15) is 47.3 Å². The summed E-state index contributed by atoms with van der Waals surface area (Å²) in [6, 6.07) is 23.0. The minimum atomic E-state index is -0.314. The van der Waals surface area contributed by atoms with Crippen LogP contribution in [0.4, 0.5) is 5.69 Å². The fourth-order valence-electron chi connectivity index (χ4n) is 4.58. The molecule has 0 fully saturated rings. The first kappa shape index (κ1) is 21.8. The summed E-state index contributed by atoms with van der Waals surface area (Å²) in [5, 5.41) is 0. The molecule has 1 aliphatic rings. The standard InChI is InChI=1S/C28H27N3O3/c1-19(2)30(28(33)25-11-7-17-34-25)18-26(32)31-23-9-5-4-8-22(23)29-16-6-10-24(29)27(31)21-14-12-20(3)13-15-21/h4-17,19,27H,18H2,1-3H3. The summed E-state index contributed by atoms with van der Waals surface area (Å²) in [6.07, 6.45) is 3.49. The summed E-state index contributed by atoms with van der Waals surface area (Å²) in [7, 11) is 0. The Balaban J connectivity index is 1.59. The molecule has 34 heavy (non-hydrogen) atoms. The Kier molecular flexibility index (Phi) is 5.57.